The molecule has 1 aromatic carbocycles. The number of nitrogens with zero attached hydrogens (tertiary/aromatic N) is 1. The van der Waals surface area contributed by atoms with Crippen LogP contribution in [0.5, 0.6) is 0 Å². The van der Waals surface area contributed by atoms with Crippen LogP contribution in [0.25, 0.3) is 5.57 Å². The van der Waals surface area contributed by atoms with Crippen molar-refractivity contribution in [3.8, 4) is 0 Å². The van der Waals surface area contributed by atoms with Crippen molar-refractivity contribution in [2.45, 2.75) is 73.2 Å². The van der Waals surface area contributed by atoms with Crippen LogP contribution in [0.1, 0.15) is 77.5 Å². The molecule has 47 heavy (non-hydrogen) atoms. The highest BCUT2D eigenvalue weighted by molar-refractivity contribution is 6.25. The molecule has 0 aromatic heterocycles. The molecule has 3 N–H and O–H groups in total. The number of hydrogen-bond donors (Lipinski definition) is 2. The molecule has 0 heterocycles. The van der Waals surface area contributed by atoms with E-state index in [1.165, 1.54) is 24.7 Å². The van der Waals surface area contributed by atoms with E-state index in [1.54, 1.807) is 19.1 Å². The third-order valence-electron chi connectivity index (χ3n) is 7.03. The lowest BCUT2D eigenvalue weighted by molar-refractivity contribution is -0.137. The molecule has 0 aliphatic carbocycles. The molecular formula is C36H48ClF6N3O. The van der Waals surface area contributed by atoms with Crippen LogP contribution in [0.2, 0.25) is 0 Å². The van der Waals surface area contributed by atoms with Crippen LogP contribution in [0.4, 0.5) is 26.3 Å². The fourth-order valence-corrected chi connectivity index (χ4v) is 4.63. The van der Waals surface area contributed by atoms with Gasteiger partial charge in [-0.25, -0.2) is 0 Å². The summed E-state index contributed by atoms with van der Waals surface area (Å²) in [6, 6.07) is 3.11. The molecule has 0 radical (unpaired) electrons. The third kappa shape index (κ3) is 17.2. The second-order valence-corrected chi connectivity index (χ2v) is 10.9. The van der Waals surface area contributed by atoms with E-state index in [1.807, 2.05) is 33.0 Å². The first kappa shape index (κ1) is 45.5. The average molecular weight is 688 g/mol. The monoisotopic (exact) mass is 687 g/mol. The molecule has 262 valence electrons. The normalized spacial score (nSPS) is 14.8. The van der Waals surface area contributed by atoms with Crippen LogP contribution in [-0.4, -0.2) is 31.8 Å². The molecule has 1 unspecified atom stereocenters. The minimum atomic E-state index is -4.70. The zero-order chi connectivity index (χ0) is 36.8. The van der Waals surface area contributed by atoms with E-state index < -0.39 is 28.9 Å². The van der Waals surface area contributed by atoms with E-state index in [-0.39, 0.29) is 11.3 Å². The molecule has 0 amide bonds. The van der Waals surface area contributed by atoms with Gasteiger partial charge in [-0.1, -0.05) is 73.2 Å². The summed E-state index contributed by atoms with van der Waals surface area (Å²) in [6.07, 6.45) is 4.01. The highest BCUT2D eigenvalue weighted by atomic mass is 35.5. The maximum Gasteiger partial charge on any atom is 0.416 e. The van der Waals surface area contributed by atoms with Crippen molar-refractivity contribution in [3.63, 3.8) is 0 Å². The zero-order valence-electron chi connectivity index (χ0n) is 28.2. The van der Waals surface area contributed by atoms with Crippen molar-refractivity contribution in [3.05, 3.63) is 113 Å². The number of rotatable bonds is 13. The molecule has 0 bridgehead atoms. The van der Waals surface area contributed by atoms with Gasteiger partial charge in [0.25, 0.3) is 0 Å². The summed E-state index contributed by atoms with van der Waals surface area (Å²) in [5.74, 6) is 0. The number of nitrogens with two attached hydrogens (primary N) is 1. The number of aldehydes is 1. The number of carbonyl (C=O) groups excluding carboxylic acids is 1. The molecule has 1 rings (SSSR count). The van der Waals surface area contributed by atoms with Gasteiger partial charge in [0.15, 0.2) is 0 Å². The van der Waals surface area contributed by atoms with Gasteiger partial charge in [-0.15, -0.1) is 0 Å². The fourth-order valence-electron chi connectivity index (χ4n) is 4.55. The first-order valence-corrected chi connectivity index (χ1v) is 15.1. The SMILES string of the molecule is C=CN.C=CN=C(/C=C(\C)C(F)(F)F)c1cc(C(F)(F)F)ccc1/C(C)=C(\C)C(C)(CCCNC)C/C(C)=C/C=C\C=C\Cl.CC=O. The number of nitrogens with one attached hydrogen (secondary N) is 1. The summed E-state index contributed by atoms with van der Waals surface area (Å²) in [7, 11) is 1.86. The molecular weight excluding hydrogens is 640 g/mol. The predicted molar refractivity (Wildman–Crippen MR) is 186 cm³/mol. The summed E-state index contributed by atoms with van der Waals surface area (Å²) in [4.78, 5) is 12.8. The number of aliphatic imine (C=N–C) groups is 1. The van der Waals surface area contributed by atoms with Gasteiger partial charge in [0.1, 0.15) is 6.29 Å². The smallest absolute Gasteiger partial charge is 0.405 e. The second-order valence-electron chi connectivity index (χ2n) is 10.7. The largest absolute Gasteiger partial charge is 0.416 e. The van der Waals surface area contributed by atoms with Crippen LogP contribution >= 0.6 is 11.6 Å². The lowest BCUT2D eigenvalue weighted by atomic mass is 9.71. The molecule has 0 spiro atoms. The fraction of sp³-hybridized carbons (Fsp3) is 0.389. The Labute approximate surface area is 281 Å². The number of halogens is 7. The quantitative estimate of drug-likeness (QED) is 0.0713. The van der Waals surface area contributed by atoms with Gasteiger partial charge in [0.05, 0.1) is 11.3 Å². The van der Waals surface area contributed by atoms with E-state index in [0.717, 1.165) is 68.2 Å². The Bertz CT molecular complexity index is 1330. The van der Waals surface area contributed by atoms with Gasteiger partial charge >= 0.3 is 12.4 Å². The summed E-state index contributed by atoms with van der Waals surface area (Å²) in [5, 5.41) is 3.14. The number of allylic oxidation sites excluding steroid dienone is 9. The lowest BCUT2D eigenvalue weighted by Crippen LogP contribution is -2.22. The van der Waals surface area contributed by atoms with Gasteiger partial charge in [-0.05, 0) is 108 Å². The third-order valence-corrected chi connectivity index (χ3v) is 7.17. The zero-order valence-corrected chi connectivity index (χ0v) is 29.0. The van der Waals surface area contributed by atoms with Gasteiger partial charge in [-0.3, -0.25) is 4.99 Å². The molecule has 0 aliphatic heterocycles. The molecule has 4 nitrogen and oxygen atoms in total. The number of alkyl halides is 6. The molecule has 1 aromatic rings. The van der Waals surface area contributed by atoms with E-state index in [2.05, 4.69) is 36.1 Å². The van der Waals surface area contributed by atoms with Crippen molar-refractivity contribution in [2.75, 3.05) is 13.6 Å². The molecule has 11 heteroatoms. The van der Waals surface area contributed by atoms with E-state index in [0.29, 0.717) is 17.6 Å². The van der Waals surface area contributed by atoms with Crippen molar-refractivity contribution in [1.82, 2.24) is 5.32 Å². The van der Waals surface area contributed by atoms with Crippen LogP contribution in [0.3, 0.4) is 0 Å². The van der Waals surface area contributed by atoms with Crippen LogP contribution in [0.15, 0.2) is 101 Å². The Morgan fingerprint density at radius 2 is 1.60 bits per heavy atom. The molecule has 0 aliphatic rings. The topological polar surface area (TPSA) is 67.5 Å². The van der Waals surface area contributed by atoms with E-state index in [9.17, 15) is 26.3 Å². The second kappa shape index (κ2) is 22.8. The highest BCUT2D eigenvalue weighted by Gasteiger charge is 2.34. The summed E-state index contributed by atoms with van der Waals surface area (Å²) < 4.78 is 81.4. The van der Waals surface area contributed by atoms with Crippen molar-refractivity contribution < 1.29 is 31.1 Å². The minimum Gasteiger partial charge on any atom is -0.405 e. The summed E-state index contributed by atoms with van der Waals surface area (Å²) in [5.41, 5.74) is 6.36. The summed E-state index contributed by atoms with van der Waals surface area (Å²) in [6.45, 7) is 17.5. The van der Waals surface area contributed by atoms with Gasteiger partial charge in [0, 0.05) is 22.9 Å². The van der Waals surface area contributed by atoms with Crippen LogP contribution in [-0.2, 0) is 11.0 Å². The highest BCUT2D eigenvalue weighted by Crippen LogP contribution is 2.43. The lowest BCUT2D eigenvalue weighted by Gasteiger charge is -2.34. The maximum atomic E-state index is 13.7. The number of hydrogen-bond acceptors (Lipinski definition) is 4. The minimum absolute atomic E-state index is 0.0548. The van der Waals surface area contributed by atoms with Crippen molar-refractivity contribution >= 4 is 29.2 Å². The molecule has 1 atom stereocenters. The van der Waals surface area contributed by atoms with E-state index in [4.69, 9.17) is 16.4 Å². The molecule has 0 fully saturated rings. The number of benzene rings is 1. The van der Waals surface area contributed by atoms with Crippen LogP contribution < -0.4 is 11.1 Å². The predicted octanol–water partition coefficient (Wildman–Crippen LogP) is 10.9. The Kier molecular flexibility index (Phi) is 22.1. The Hall–Kier alpha value is -3.63. The van der Waals surface area contributed by atoms with Crippen molar-refractivity contribution in [2.24, 2.45) is 16.1 Å². The Morgan fingerprint density at radius 1 is 1.02 bits per heavy atom. The Morgan fingerprint density at radius 3 is 2.06 bits per heavy atom. The van der Waals surface area contributed by atoms with Gasteiger partial charge in [-0.2, -0.15) is 26.3 Å². The van der Waals surface area contributed by atoms with Gasteiger partial charge < -0.3 is 15.8 Å². The Balaban J connectivity index is 0. The van der Waals surface area contributed by atoms with Crippen LogP contribution in [0, 0.1) is 5.41 Å². The first-order valence-electron chi connectivity index (χ1n) is 14.6. The maximum absolute atomic E-state index is 13.7. The average Bonchev–Trinajstić information content (AvgIpc) is 2.98. The van der Waals surface area contributed by atoms with E-state index >= 15 is 0 Å². The number of carbonyl (C=O) groups is 1. The standard InChI is InChI=1S/C32H39ClF6N2.C2H5N.C2H4O/c1-8-41-29(19-23(3)31(34,35)36)28-20-26(32(37,38)39)14-15-27(28)24(4)25(5)30(6,16-12-18-40-7)21-22(2)13-10-9-11-17-33;2*1-2-3/h8-11,13-15,17,19-20,40H,1,12,16,18,21H2,2-7H3;2H,1,3H2;2H,1H3/b10-9-,17-11+,22-13+,23-19+,25-24+,41-29?;;. The summed E-state index contributed by atoms with van der Waals surface area (Å²) >= 11 is 5.57. The van der Waals surface area contributed by atoms with Gasteiger partial charge in [0.2, 0.25) is 0 Å². The molecule has 0 saturated carbocycles. The first-order chi connectivity index (χ1) is 21.8. The molecule has 0 saturated heterocycles. The van der Waals surface area contributed by atoms with Crippen molar-refractivity contribution in [1.29, 1.82) is 0 Å².